The van der Waals surface area contributed by atoms with Gasteiger partial charge >= 0.3 is 0 Å². The lowest BCUT2D eigenvalue weighted by atomic mass is 10.1. The van der Waals surface area contributed by atoms with Crippen LogP contribution in [0.25, 0.3) is 11.1 Å². The minimum atomic E-state index is 0.536. The highest BCUT2D eigenvalue weighted by Crippen LogP contribution is 2.27. The van der Waals surface area contributed by atoms with Gasteiger partial charge in [-0.3, -0.25) is 0 Å². The van der Waals surface area contributed by atoms with E-state index in [0.29, 0.717) is 35.7 Å². The van der Waals surface area contributed by atoms with E-state index >= 15 is 0 Å². The molecule has 0 amide bonds. The number of hydrogen-bond donors (Lipinski definition) is 2. The summed E-state index contributed by atoms with van der Waals surface area (Å²) in [5.74, 6) is 3.80. The number of aromatic nitrogens is 6. The molecule has 2 heterocycles. The molecular formula is C34H50N12. The maximum absolute atomic E-state index is 4.75. The van der Waals surface area contributed by atoms with Crippen LogP contribution in [0.1, 0.15) is 55.4 Å². The topological polar surface area (TPSA) is 114 Å². The summed E-state index contributed by atoms with van der Waals surface area (Å²) in [7, 11) is 0. The van der Waals surface area contributed by atoms with Gasteiger partial charge in [0, 0.05) is 63.7 Å². The summed E-state index contributed by atoms with van der Waals surface area (Å²) < 4.78 is 0. The van der Waals surface area contributed by atoms with Gasteiger partial charge in [-0.05, 0) is 90.8 Å². The summed E-state index contributed by atoms with van der Waals surface area (Å²) in [5, 5.41) is 6.79. The molecule has 4 rings (SSSR count). The summed E-state index contributed by atoms with van der Waals surface area (Å²) in [6, 6.07) is 16.6. The monoisotopic (exact) mass is 626 g/mol. The molecule has 0 saturated carbocycles. The Bertz CT molecular complexity index is 1320. The molecule has 12 nitrogen and oxygen atoms in total. The van der Waals surface area contributed by atoms with E-state index in [1.54, 1.807) is 0 Å². The van der Waals surface area contributed by atoms with E-state index in [9.17, 15) is 0 Å². The second-order valence-corrected chi connectivity index (χ2v) is 10.6. The number of rotatable bonds is 17. The largest absolute Gasteiger partial charge is 0.341 e. The SMILES string of the molecule is CCN(CC)c1nc(Nc2ccc(-c3ccc(Nc4nc(N(CC)CC)nc(N(CC)CC)n4)cc3)cc2)nc(N(CC)CC)n1. The lowest BCUT2D eigenvalue weighted by Gasteiger charge is -2.23. The van der Waals surface area contributed by atoms with Crippen molar-refractivity contribution in [1.82, 2.24) is 29.9 Å². The van der Waals surface area contributed by atoms with Crippen molar-refractivity contribution < 1.29 is 0 Å². The third-order valence-electron chi connectivity index (χ3n) is 8.02. The molecule has 2 N–H and O–H groups in total. The van der Waals surface area contributed by atoms with Gasteiger partial charge in [0.25, 0.3) is 0 Å². The summed E-state index contributed by atoms with van der Waals surface area (Å²) in [4.78, 5) is 37.0. The van der Waals surface area contributed by atoms with Gasteiger partial charge in [-0.2, -0.15) is 29.9 Å². The van der Waals surface area contributed by atoms with Gasteiger partial charge in [0.1, 0.15) is 0 Å². The first-order valence-electron chi connectivity index (χ1n) is 16.7. The van der Waals surface area contributed by atoms with Gasteiger partial charge < -0.3 is 30.2 Å². The van der Waals surface area contributed by atoms with Crippen molar-refractivity contribution in [2.24, 2.45) is 0 Å². The van der Waals surface area contributed by atoms with Crippen molar-refractivity contribution in [1.29, 1.82) is 0 Å². The number of nitrogens with zero attached hydrogens (tertiary/aromatic N) is 10. The molecule has 0 aliphatic heterocycles. The van der Waals surface area contributed by atoms with Crippen LogP contribution in [0.2, 0.25) is 0 Å². The number of nitrogens with one attached hydrogen (secondary N) is 2. The van der Waals surface area contributed by atoms with E-state index < -0.39 is 0 Å². The Morgan fingerprint density at radius 3 is 0.826 bits per heavy atom. The van der Waals surface area contributed by atoms with E-state index in [4.69, 9.17) is 29.9 Å². The Morgan fingerprint density at radius 1 is 0.370 bits per heavy atom. The molecule has 246 valence electrons. The fraction of sp³-hybridized carbons (Fsp3) is 0.471. The van der Waals surface area contributed by atoms with Gasteiger partial charge in [-0.1, -0.05) is 24.3 Å². The molecule has 0 unspecified atom stereocenters. The molecule has 0 radical (unpaired) electrons. The molecule has 0 fully saturated rings. The Hall–Kier alpha value is -4.74. The van der Waals surface area contributed by atoms with Gasteiger partial charge in [-0.15, -0.1) is 0 Å². The molecular weight excluding hydrogens is 576 g/mol. The molecule has 0 bridgehead atoms. The minimum absolute atomic E-state index is 0.536. The standard InChI is InChI=1S/C34H50N12/c1-9-43(10-2)31-37-29(38-32(41-31)44(11-3)12-4)35-27-21-17-25(18-22-27)26-19-23-28(24-20-26)36-30-39-33(45(13-5)14-6)42-34(40-30)46(15-7)16-8/h17-24H,9-16H2,1-8H3,(H,35,37,38,41)(H,36,39,40,42). The van der Waals surface area contributed by atoms with Crippen LogP contribution in [0.15, 0.2) is 48.5 Å². The third kappa shape index (κ3) is 8.29. The first-order valence-corrected chi connectivity index (χ1v) is 16.7. The van der Waals surface area contributed by atoms with Crippen molar-refractivity contribution in [2.75, 3.05) is 82.6 Å². The zero-order chi connectivity index (χ0) is 33.1. The quantitative estimate of drug-likeness (QED) is 0.132. The lowest BCUT2D eigenvalue weighted by molar-refractivity contribution is 0.779. The van der Waals surface area contributed by atoms with Crippen LogP contribution >= 0.6 is 0 Å². The maximum atomic E-state index is 4.75. The Labute approximate surface area is 274 Å². The molecule has 0 aliphatic rings. The van der Waals surface area contributed by atoms with E-state index in [-0.39, 0.29) is 0 Å². The summed E-state index contributed by atoms with van der Waals surface area (Å²) in [5.41, 5.74) is 4.03. The van der Waals surface area contributed by atoms with Crippen molar-refractivity contribution in [3.8, 4) is 11.1 Å². The van der Waals surface area contributed by atoms with Gasteiger partial charge in [0.05, 0.1) is 0 Å². The minimum Gasteiger partial charge on any atom is -0.341 e. The Kier molecular flexibility index (Phi) is 12.3. The van der Waals surface area contributed by atoms with Gasteiger partial charge in [-0.25, -0.2) is 0 Å². The van der Waals surface area contributed by atoms with Crippen LogP contribution in [0, 0.1) is 0 Å². The molecule has 4 aromatic rings. The number of benzene rings is 2. The van der Waals surface area contributed by atoms with Crippen molar-refractivity contribution in [3.05, 3.63) is 48.5 Å². The van der Waals surface area contributed by atoms with Crippen LogP contribution in [-0.2, 0) is 0 Å². The maximum Gasteiger partial charge on any atom is 0.233 e. The van der Waals surface area contributed by atoms with Crippen molar-refractivity contribution in [3.63, 3.8) is 0 Å². The predicted molar refractivity (Wildman–Crippen MR) is 192 cm³/mol. The second kappa shape index (κ2) is 16.5. The summed E-state index contributed by atoms with van der Waals surface area (Å²) in [6.45, 7) is 23.5. The fourth-order valence-electron chi connectivity index (χ4n) is 5.16. The van der Waals surface area contributed by atoms with E-state index in [1.165, 1.54) is 0 Å². The molecule has 12 heteroatoms. The average Bonchev–Trinajstić information content (AvgIpc) is 3.08. The van der Waals surface area contributed by atoms with E-state index in [2.05, 4.69) is 110 Å². The second-order valence-electron chi connectivity index (χ2n) is 10.6. The molecule has 0 atom stereocenters. The molecule has 46 heavy (non-hydrogen) atoms. The smallest absolute Gasteiger partial charge is 0.233 e. The average molecular weight is 627 g/mol. The van der Waals surface area contributed by atoms with E-state index in [1.807, 2.05) is 24.3 Å². The first kappa shape index (κ1) is 34.1. The molecule has 0 spiro atoms. The first-order chi connectivity index (χ1) is 22.4. The molecule has 0 aliphatic carbocycles. The van der Waals surface area contributed by atoms with Gasteiger partial charge in [0.2, 0.25) is 35.7 Å². The van der Waals surface area contributed by atoms with Crippen LogP contribution in [0.3, 0.4) is 0 Å². The van der Waals surface area contributed by atoms with Crippen LogP contribution in [0.5, 0.6) is 0 Å². The molecule has 2 aromatic carbocycles. The van der Waals surface area contributed by atoms with Gasteiger partial charge in [0.15, 0.2) is 0 Å². The third-order valence-corrected chi connectivity index (χ3v) is 8.02. The predicted octanol–water partition coefficient (Wildman–Crippen LogP) is 6.60. The number of anilines is 8. The van der Waals surface area contributed by atoms with Crippen LogP contribution in [0.4, 0.5) is 47.1 Å². The highest BCUT2D eigenvalue weighted by atomic mass is 15.4. The van der Waals surface area contributed by atoms with E-state index in [0.717, 1.165) is 74.9 Å². The zero-order valence-corrected chi connectivity index (χ0v) is 28.7. The van der Waals surface area contributed by atoms with Crippen molar-refractivity contribution in [2.45, 2.75) is 55.4 Å². The molecule has 2 aromatic heterocycles. The zero-order valence-electron chi connectivity index (χ0n) is 28.7. The Balaban J connectivity index is 1.52. The summed E-state index contributed by atoms with van der Waals surface area (Å²) >= 11 is 0. The Morgan fingerprint density at radius 2 is 0.609 bits per heavy atom. The highest BCUT2D eigenvalue weighted by Gasteiger charge is 2.16. The lowest BCUT2D eigenvalue weighted by Crippen LogP contribution is -2.29. The fourth-order valence-corrected chi connectivity index (χ4v) is 5.16. The van der Waals surface area contributed by atoms with Crippen LogP contribution in [-0.4, -0.2) is 82.3 Å². The number of hydrogen-bond acceptors (Lipinski definition) is 12. The normalized spacial score (nSPS) is 10.9. The highest BCUT2D eigenvalue weighted by molar-refractivity contribution is 5.70. The molecule has 0 saturated heterocycles. The van der Waals surface area contributed by atoms with Crippen LogP contribution < -0.4 is 30.2 Å². The van der Waals surface area contributed by atoms with Crippen molar-refractivity contribution >= 4 is 47.1 Å². The summed E-state index contributed by atoms with van der Waals surface area (Å²) in [6.07, 6.45) is 0.